The van der Waals surface area contributed by atoms with E-state index in [0.29, 0.717) is 11.6 Å². The zero-order valence-corrected chi connectivity index (χ0v) is 15.8. The predicted octanol–water partition coefficient (Wildman–Crippen LogP) is 3.23. The summed E-state index contributed by atoms with van der Waals surface area (Å²) in [6, 6.07) is 7.37. The second kappa shape index (κ2) is 9.49. The third-order valence-corrected chi connectivity index (χ3v) is 4.49. The van der Waals surface area contributed by atoms with Crippen molar-refractivity contribution >= 4 is 28.9 Å². The van der Waals surface area contributed by atoms with Crippen LogP contribution in [-0.2, 0) is 6.42 Å². The summed E-state index contributed by atoms with van der Waals surface area (Å²) in [7, 11) is 3.78. The van der Waals surface area contributed by atoms with E-state index >= 15 is 0 Å². The Kier molecular flexibility index (Phi) is 7.34. The lowest BCUT2D eigenvalue weighted by atomic mass is 10.3. The SMILES string of the molecule is CN=C(NCCc1csc(C)n1)N(C)CCOc1ccc(Cl)cc1. The van der Waals surface area contributed by atoms with Gasteiger partial charge in [-0.05, 0) is 31.2 Å². The smallest absolute Gasteiger partial charge is 0.193 e. The van der Waals surface area contributed by atoms with Gasteiger partial charge in [0.05, 0.1) is 17.2 Å². The highest BCUT2D eigenvalue weighted by molar-refractivity contribution is 7.09. The molecule has 0 aliphatic heterocycles. The Hall–Kier alpha value is -1.79. The molecule has 2 rings (SSSR count). The quantitative estimate of drug-likeness (QED) is 0.603. The molecular formula is C17H23ClN4OS. The highest BCUT2D eigenvalue weighted by atomic mass is 35.5. The van der Waals surface area contributed by atoms with E-state index in [1.54, 1.807) is 18.4 Å². The first-order valence-corrected chi connectivity index (χ1v) is 9.05. The molecule has 0 bridgehead atoms. The van der Waals surface area contributed by atoms with Gasteiger partial charge in [-0.1, -0.05) is 11.6 Å². The van der Waals surface area contributed by atoms with Crippen LogP contribution in [0.25, 0.3) is 0 Å². The molecule has 5 nitrogen and oxygen atoms in total. The summed E-state index contributed by atoms with van der Waals surface area (Å²) in [5, 5.41) is 7.26. The van der Waals surface area contributed by atoms with Crippen molar-refractivity contribution in [2.75, 3.05) is 33.8 Å². The van der Waals surface area contributed by atoms with Gasteiger partial charge in [-0.25, -0.2) is 4.98 Å². The minimum atomic E-state index is 0.574. The van der Waals surface area contributed by atoms with Crippen molar-refractivity contribution in [1.82, 2.24) is 15.2 Å². The molecule has 7 heteroatoms. The molecule has 1 aromatic carbocycles. The van der Waals surface area contributed by atoms with Crippen LogP contribution >= 0.6 is 22.9 Å². The molecule has 1 aromatic heterocycles. The van der Waals surface area contributed by atoms with Crippen molar-refractivity contribution in [1.29, 1.82) is 0 Å². The predicted molar refractivity (Wildman–Crippen MR) is 101 cm³/mol. The summed E-state index contributed by atoms with van der Waals surface area (Å²) >= 11 is 7.54. The fraction of sp³-hybridized carbons (Fsp3) is 0.412. The van der Waals surface area contributed by atoms with Gasteiger partial charge in [-0.2, -0.15) is 0 Å². The summed E-state index contributed by atoms with van der Waals surface area (Å²) in [4.78, 5) is 10.8. The number of halogens is 1. The lowest BCUT2D eigenvalue weighted by Gasteiger charge is -2.22. The number of aryl methyl sites for hydroxylation is 1. The van der Waals surface area contributed by atoms with Crippen LogP contribution in [0.4, 0.5) is 0 Å². The maximum Gasteiger partial charge on any atom is 0.193 e. The molecule has 130 valence electrons. The number of likely N-dealkylation sites (N-methyl/N-ethyl adjacent to an activating group) is 1. The molecule has 0 amide bonds. The molecule has 24 heavy (non-hydrogen) atoms. The standard InChI is InChI=1S/C17H23ClN4OS/c1-13-21-15(12-24-13)8-9-20-17(19-2)22(3)10-11-23-16-6-4-14(18)5-7-16/h4-7,12H,8-11H2,1-3H3,(H,19,20). The van der Waals surface area contributed by atoms with E-state index in [1.807, 2.05) is 43.1 Å². The molecule has 1 N–H and O–H groups in total. The number of hydrogen-bond acceptors (Lipinski definition) is 4. The fourth-order valence-electron chi connectivity index (χ4n) is 2.15. The molecule has 1 heterocycles. The van der Waals surface area contributed by atoms with E-state index in [1.165, 1.54) is 0 Å². The van der Waals surface area contributed by atoms with Crippen LogP contribution in [0.5, 0.6) is 5.75 Å². The Morgan fingerprint density at radius 2 is 2.12 bits per heavy atom. The van der Waals surface area contributed by atoms with Crippen molar-refractivity contribution in [3.05, 3.63) is 45.4 Å². The Balaban J connectivity index is 1.70. The van der Waals surface area contributed by atoms with Crippen molar-refractivity contribution in [3.63, 3.8) is 0 Å². The minimum Gasteiger partial charge on any atom is -0.492 e. The molecule has 0 atom stereocenters. The van der Waals surface area contributed by atoms with E-state index in [4.69, 9.17) is 16.3 Å². The van der Waals surface area contributed by atoms with Crippen molar-refractivity contribution in [2.45, 2.75) is 13.3 Å². The lowest BCUT2D eigenvalue weighted by molar-refractivity contribution is 0.281. The molecule has 0 fully saturated rings. The number of aliphatic imine (C=N–C) groups is 1. The number of hydrogen-bond donors (Lipinski definition) is 1. The summed E-state index contributed by atoms with van der Waals surface area (Å²) in [6.07, 6.45) is 0.887. The zero-order valence-electron chi connectivity index (χ0n) is 14.3. The summed E-state index contributed by atoms with van der Waals surface area (Å²) in [6.45, 7) is 4.13. The number of nitrogens with one attached hydrogen (secondary N) is 1. The maximum absolute atomic E-state index is 5.86. The second-order valence-electron chi connectivity index (χ2n) is 5.31. The molecule has 0 spiro atoms. The van der Waals surface area contributed by atoms with Gasteiger partial charge in [0.15, 0.2) is 5.96 Å². The molecular weight excluding hydrogens is 344 g/mol. The van der Waals surface area contributed by atoms with Gasteiger partial charge >= 0.3 is 0 Å². The molecule has 0 unspecified atom stereocenters. The van der Waals surface area contributed by atoms with Crippen LogP contribution in [-0.4, -0.2) is 49.6 Å². The van der Waals surface area contributed by atoms with Crippen LogP contribution in [0.3, 0.4) is 0 Å². The van der Waals surface area contributed by atoms with Crippen LogP contribution in [0.1, 0.15) is 10.7 Å². The lowest BCUT2D eigenvalue weighted by Crippen LogP contribution is -2.41. The number of benzene rings is 1. The largest absolute Gasteiger partial charge is 0.492 e. The summed E-state index contributed by atoms with van der Waals surface area (Å²) in [5.41, 5.74) is 1.12. The average molecular weight is 367 g/mol. The minimum absolute atomic E-state index is 0.574. The molecule has 0 saturated carbocycles. The third-order valence-electron chi connectivity index (χ3n) is 3.41. The van der Waals surface area contributed by atoms with E-state index in [-0.39, 0.29) is 0 Å². The molecule has 0 aliphatic rings. The topological polar surface area (TPSA) is 49.8 Å². The summed E-state index contributed by atoms with van der Waals surface area (Å²) < 4.78 is 5.71. The number of nitrogens with zero attached hydrogens (tertiary/aromatic N) is 3. The van der Waals surface area contributed by atoms with Crippen molar-refractivity contribution in [2.24, 2.45) is 4.99 Å². The van der Waals surface area contributed by atoms with Crippen LogP contribution in [0, 0.1) is 6.92 Å². The van der Waals surface area contributed by atoms with E-state index in [0.717, 1.165) is 41.9 Å². The van der Waals surface area contributed by atoms with Gasteiger partial charge in [0.25, 0.3) is 0 Å². The van der Waals surface area contributed by atoms with Crippen LogP contribution in [0.15, 0.2) is 34.6 Å². The fourth-order valence-corrected chi connectivity index (χ4v) is 2.92. The molecule has 2 aromatic rings. The average Bonchev–Trinajstić information content (AvgIpc) is 2.98. The molecule has 0 aliphatic carbocycles. The normalized spacial score (nSPS) is 11.4. The van der Waals surface area contributed by atoms with Gasteiger partial charge in [0.1, 0.15) is 12.4 Å². The van der Waals surface area contributed by atoms with E-state index < -0.39 is 0 Å². The van der Waals surface area contributed by atoms with Gasteiger partial charge in [-0.15, -0.1) is 11.3 Å². The first-order chi connectivity index (χ1) is 11.6. The van der Waals surface area contributed by atoms with E-state index in [2.05, 4.69) is 20.7 Å². The van der Waals surface area contributed by atoms with Crippen LogP contribution < -0.4 is 10.1 Å². The van der Waals surface area contributed by atoms with Crippen molar-refractivity contribution < 1.29 is 4.74 Å². The second-order valence-corrected chi connectivity index (χ2v) is 6.80. The first kappa shape index (κ1) is 18.5. The Morgan fingerprint density at radius 1 is 1.38 bits per heavy atom. The Morgan fingerprint density at radius 3 is 2.75 bits per heavy atom. The number of aromatic nitrogens is 1. The zero-order chi connectivity index (χ0) is 17.4. The van der Waals surface area contributed by atoms with Gasteiger partial charge in [-0.3, -0.25) is 4.99 Å². The van der Waals surface area contributed by atoms with Gasteiger partial charge in [0, 0.05) is 37.5 Å². The maximum atomic E-state index is 5.86. The summed E-state index contributed by atoms with van der Waals surface area (Å²) in [5.74, 6) is 1.66. The Labute approximate surface area is 152 Å². The molecule has 0 radical (unpaired) electrons. The van der Waals surface area contributed by atoms with Crippen molar-refractivity contribution in [3.8, 4) is 5.75 Å². The number of rotatable bonds is 7. The third kappa shape index (κ3) is 6.02. The van der Waals surface area contributed by atoms with Gasteiger partial charge < -0.3 is 15.0 Å². The Bertz CT molecular complexity index is 657. The first-order valence-electron chi connectivity index (χ1n) is 7.79. The highest BCUT2D eigenvalue weighted by Gasteiger charge is 2.06. The monoisotopic (exact) mass is 366 g/mol. The highest BCUT2D eigenvalue weighted by Crippen LogP contribution is 2.15. The number of guanidine groups is 1. The van der Waals surface area contributed by atoms with E-state index in [9.17, 15) is 0 Å². The molecule has 0 saturated heterocycles. The van der Waals surface area contributed by atoms with Gasteiger partial charge in [0.2, 0.25) is 0 Å². The number of ether oxygens (including phenoxy) is 1. The number of thiazole rings is 1. The van der Waals surface area contributed by atoms with Crippen LogP contribution in [0.2, 0.25) is 5.02 Å².